The first-order valence-electron chi connectivity index (χ1n) is 17.2. The standard InChI is InChI=1S/C38H51FN8O2/c1-8-27(3)25-46(19-12-10-11-14-30(48)15-13-18-45(6)7)38-29(5)23-34-36(44-38)37(41-26-40-34)43-33-22-28(4)35(24-32(33)39)49-31-16-20-47(21-17-31)42-9-2/h9,13,15-17,20,22-24,26-27H,8,10-12,14,18-19,21,25H2,1-7H3,(H,40,41,43)/b15-13+,42-9-. The average molecular weight is 671 g/mol. The second-order valence-electron chi connectivity index (χ2n) is 12.9. The molecule has 11 heteroatoms. The van der Waals surface area contributed by atoms with Crippen molar-refractivity contribution in [2.75, 3.05) is 50.5 Å². The van der Waals surface area contributed by atoms with E-state index in [1.165, 1.54) is 12.4 Å². The number of hydrogen-bond donors (Lipinski definition) is 1. The van der Waals surface area contributed by atoms with Crippen molar-refractivity contribution in [1.29, 1.82) is 0 Å². The van der Waals surface area contributed by atoms with Crippen LogP contribution in [-0.4, -0.2) is 77.1 Å². The van der Waals surface area contributed by atoms with Gasteiger partial charge in [0, 0.05) is 44.5 Å². The van der Waals surface area contributed by atoms with Gasteiger partial charge in [0.15, 0.2) is 11.6 Å². The van der Waals surface area contributed by atoms with Gasteiger partial charge in [-0.05, 0) is 95.1 Å². The third-order valence-corrected chi connectivity index (χ3v) is 8.33. The molecule has 2 aromatic heterocycles. The Kier molecular flexibility index (Phi) is 13.8. The SMILES string of the molecule is C/C=N\N1C=CC(Oc2cc(F)c(Nc3ncnc4cc(C)c(N(CCCCCC(=O)/C=C/CN(C)C)CC(C)CC)nc34)cc2C)=CC1. The lowest BCUT2D eigenvalue weighted by molar-refractivity contribution is -0.114. The molecule has 3 aromatic rings. The smallest absolute Gasteiger partial charge is 0.160 e. The average Bonchev–Trinajstić information content (AvgIpc) is 3.07. The van der Waals surface area contributed by atoms with Crippen LogP contribution in [0.25, 0.3) is 11.0 Å². The summed E-state index contributed by atoms with van der Waals surface area (Å²) in [6.45, 7) is 13.2. The van der Waals surface area contributed by atoms with Gasteiger partial charge in [-0.3, -0.25) is 9.80 Å². The second kappa shape index (κ2) is 18.2. The summed E-state index contributed by atoms with van der Waals surface area (Å²) >= 11 is 0. The number of fused-ring (bicyclic) bond motifs is 1. The van der Waals surface area contributed by atoms with Gasteiger partial charge in [0.25, 0.3) is 0 Å². The topological polar surface area (TPSA) is 99.1 Å². The fourth-order valence-electron chi connectivity index (χ4n) is 5.43. The number of hydrogen-bond acceptors (Lipinski definition) is 10. The molecule has 1 N–H and O–H groups in total. The summed E-state index contributed by atoms with van der Waals surface area (Å²) < 4.78 is 21.5. The van der Waals surface area contributed by atoms with Crippen molar-refractivity contribution < 1.29 is 13.9 Å². The maximum atomic E-state index is 15.5. The summed E-state index contributed by atoms with van der Waals surface area (Å²) in [5.41, 5.74) is 3.30. The number of unbranched alkanes of at least 4 members (excludes halogenated alkanes) is 2. The number of benzene rings is 1. The Hall–Kier alpha value is -4.64. The number of ether oxygens (including phenoxy) is 1. The molecule has 1 aromatic carbocycles. The number of allylic oxidation sites excluding steroid dienone is 2. The number of ketones is 1. The zero-order chi connectivity index (χ0) is 35.3. The Balaban J connectivity index is 1.50. The monoisotopic (exact) mass is 670 g/mol. The van der Waals surface area contributed by atoms with Crippen molar-refractivity contribution in [1.82, 2.24) is 24.9 Å². The summed E-state index contributed by atoms with van der Waals surface area (Å²) in [4.78, 5) is 30.7. The van der Waals surface area contributed by atoms with Crippen molar-refractivity contribution in [2.24, 2.45) is 11.0 Å². The van der Waals surface area contributed by atoms with Crippen molar-refractivity contribution in [3.05, 3.63) is 77.7 Å². The molecule has 0 spiro atoms. The van der Waals surface area contributed by atoms with Crippen LogP contribution in [0.1, 0.15) is 64.0 Å². The summed E-state index contributed by atoms with van der Waals surface area (Å²) in [6.07, 6.45) is 16.7. The molecular weight excluding hydrogens is 619 g/mol. The minimum Gasteiger partial charge on any atom is -0.457 e. The minimum atomic E-state index is -0.470. The first-order valence-corrected chi connectivity index (χ1v) is 17.2. The number of nitrogens with zero attached hydrogens (tertiary/aromatic N) is 7. The summed E-state index contributed by atoms with van der Waals surface area (Å²) in [5, 5.41) is 9.18. The van der Waals surface area contributed by atoms with Crippen LogP contribution in [0.4, 0.5) is 21.7 Å². The maximum absolute atomic E-state index is 15.5. The number of pyridine rings is 1. The van der Waals surface area contributed by atoms with Crippen LogP contribution >= 0.6 is 0 Å². The maximum Gasteiger partial charge on any atom is 0.160 e. The summed E-state index contributed by atoms with van der Waals surface area (Å²) in [5.74, 6) is 2.52. The molecule has 0 bridgehead atoms. The van der Waals surface area contributed by atoms with Crippen LogP contribution < -0.4 is 15.0 Å². The molecule has 0 aliphatic carbocycles. The van der Waals surface area contributed by atoms with Gasteiger partial charge in [-0.15, -0.1) is 0 Å². The zero-order valence-electron chi connectivity index (χ0n) is 30.0. The van der Waals surface area contributed by atoms with E-state index < -0.39 is 5.82 Å². The van der Waals surface area contributed by atoms with Crippen LogP contribution in [-0.2, 0) is 4.79 Å². The van der Waals surface area contributed by atoms with E-state index in [1.807, 2.05) is 64.2 Å². The number of aromatic nitrogens is 3. The van der Waals surface area contributed by atoms with Crippen LogP contribution in [0, 0.1) is 25.6 Å². The molecule has 3 heterocycles. The number of likely N-dealkylation sites (N-methyl/N-ethyl adjacent to an activating group) is 1. The van der Waals surface area contributed by atoms with Crippen molar-refractivity contribution in [2.45, 2.75) is 66.7 Å². The highest BCUT2D eigenvalue weighted by Crippen LogP contribution is 2.32. The van der Waals surface area contributed by atoms with Gasteiger partial charge in [-0.25, -0.2) is 19.3 Å². The summed E-state index contributed by atoms with van der Waals surface area (Å²) in [6, 6.07) is 5.12. The van der Waals surface area contributed by atoms with Crippen molar-refractivity contribution in [3.8, 4) is 5.75 Å². The normalized spacial score (nSPS) is 13.9. The van der Waals surface area contributed by atoms with Crippen LogP contribution in [0.15, 0.2) is 65.9 Å². The van der Waals surface area contributed by atoms with E-state index in [0.717, 1.165) is 62.3 Å². The number of carbonyl (C=O) groups is 1. The number of anilines is 3. The van der Waals surface area contributed by atoms with E-state index in [9.17, 15) is 4.79 Å². The highest BCUT2D eigenvalue weighted by molar-refractivity contribution is 5.90. The molecule has 1 aliphatic heterocycles. The number of aryl methyl sites for hydroxylation is 2. The number of rotatable bonds is 18. The van der Waals surface area contributed by atoms with E-state index in [-0.39, 0.29) is 11.5 Å². The molecule has 0 saturated carbocycles. The third kappa shape index (κ3) is 10.9. The van der Waals surface area contributed by atoms with E-state index in [1.54, 1.807) is 29.4 Å². The molecule has 0 amide bonds. The van der Waals surface area contributed by atoms with Gasteiger partial charge in [-0.2, -0.15) is 5.10 Å². The lowest BCUT2D eigenvalue weighted by Crippen LogP contribution is -2.31. The third-order valence-electron chi connectivity index (χ3n) is 8.33. The molecule has 0 fully saturated rings. The number of carbonyl (C=O) groups excluding carboxylic acids is 1. The van der Waals surface area contributed by atoms with E-state index in [2.05, 4.69) is 39.1 Å². The first kappa shape index (κ1) is 37.2. The molecule has 10 nitrogen and oxygen atoms in total. The minimum absolute atomic E-state index is 0.174. The van der Waals surface area contributed by atoms with Gasteiger partial charge < -0.3 is 19.9 Å². The molecule has 262 valence electrons. The van der Waals surface area contributed by atoms with E-state index >= 15 is 4.39 Å². The van der Waals surface area contributed by atoms with Gasteiger partial charge >= 0.3 is 0 Å². The molecule has 1 unspecified atom stereocenters. The van der Waals surface area contributed by atoms with Crippen molar-refractivity contribution in [3.63, 3.8) is 0 Å². The quantitative estimate of drug-likeness (QED) is 0.0829. The molecular formula is C38H51FN8O2. The Morgan fingerprint density at radius 3 is 2.69 bits per heavy atom. The lowest BCUT2D eigenvalue weighted by atomic mass is 10.1. The molecule has 4 rings (SSSR count). The number of hydrazone groups is 1. The Bertz CT molecular complexity index is 1700. The Labute approximate surface area is 290 Å². The highest BCUT2D eigenvalue weighted by Gasteiger charge is 2.19. The second-order valence-corrected chi connectivity index (χ2v) is 12.9. The molecule has 49 heavy (non-hydrogen) atoms. The largest absolute Gasteiger partial charge is 0.457 e. The van der Waals surface area contributed by atoms with E-state index in [0.29, 0.717) is 47.2 Å². The predicted molar refractivity (Wildman–Crippen MR) is 198 cm³/mol. The van der Waals surface area contributed by atoms with Gasteiger partial charge in [-0.1, -0.05) is 32.8 Å². The lowest BCUT2D eigenvalue weighted by Gasteiger charge is -2.28. The van der Waals surface area contributed by atoms with Crippen LogP contribution in [0.2, 0.25) is 0 Å². The predicted octanol–water partition coefficient (Wildman–Crippen LogP) is 7.72. The fourth-order valence-corrected chi connectivity index (χ4v) is 5.43. The number of nitrogens with one attached hydrogen (secondary N) is 1. The molecule has 1 aliphatic rings. The highest BCUT2D eigenvalue weighted by atomic mass is 19.1. The van der Waals surface area contributed by atoms with E-state index in [4.69, 9.17) is 9.72 Å². The van der Waals surface area contributed by atoms with Crippen LogP contribution in [0.5, 0.6) is 5.75 Å². The summed E-state index contributed by atoms with van der Waals surface area (Å²) in [7, 11) is 3.97. The van der Waals surface area contributed by atoms with Gasteiger partial charge in [0.05, 0.1) is 17.7 Å². The van der Waals surface area contributed by atoms with Gasteiger partial charge in [0.1, 0.15) is 35.0 Å². The van der Waals surface area contributed by atoms with Crippen molar-refractivity contribution >= 4 is 40.4 Å². The molecule has 0 radical (unpaired) electrons. The van der Waals surface area contributed by atoms with Gasteiger partial charge in [0.2, 0.25) is 0 Å². The molecule has 0 saturated heterocycles. The zero-order valence-corrected chi connectivity index (χ0v) is 30.0. The number of halogens is 1. The van der Waals surface area contributed by atoms with Crippen LogP contribution in [0.3, 0.4) is 0 Å². The molecule has 1 atom stereocenters. The Morgan fingerprint density at radius 1 is 1.16 bits per heavy atom. The fraction of sp³-hybridized carbons (Fsp3) is 0.447. The Morgan fingerprint density at radius 2 is 1.98 bits per heavy atom. The first-order chi connectivity index (χ1) is 23.6.